The second kappa shape index (κ2) is 5.02. The average molecular weight is 302 g/mol. The van der Waals surface area contributed by atoms with E-state index in [4.69, 9.17) is 28.3 Å². The molecule has 0 heterocycles. The van der Waals surface area contributed by atoms with Gasteiger partial charge >= 0.3 is 5.97 Å². The van der Waals surface area contributed by atoms with Gasteiger partial charge in [-0.1, -0.05) is 29.3 Å². The number of aliphatic carboxylic acids is 1. The van der Waals surface area contributed by atoms with Crippen LogP contribution in [0.3, 0.4) is 0 Å². The van der Waals surface area contributed by atoms with Gasteiger partial charge in [0.25, 0.3) is 0 Å². The summed E-state index contributed by atoms with van der Waals surface area (Å²) >= 11 is 11.7. The second-order valence-corrected chi connectivity index (χ2v) is 5.61. The SMILES string of the molecule is CN(Cc1ccc(Cl)c(Cl)c1)C(=O)C1(C(=O)O)CC1. The molecule has 1 aliphatic carbocycles. The minimum atomic E-state index is -1.20. The van der Waals surface area contributed by atoms with E-state index in [-0.39, 0.29) is 5.91 Å². The van der Waals surface area contributed by atoms with E-state index < -0.39 is 11.4 Å². The number of carbonyl (C=O) groups excluding carboxylic acids is 1. The Bertz CT molecular complexity index is 541. The summed E-state index contributed by atoms with van der Waals surface area (Å²) < 4.78 is 0. The van der Waals surface area contributed by atoms with E-state index in [1.54, 1.807) is 25.2 Å². The minimum Gasteiger partial charge on any atom is -0.480 e. The first-order valence-corrected chi connectivity index (χ1v) is 6.55. The summed E-state index contributed by atoms with van der Waals surface area (Å²) in [6, 6.07) is 5.09. The monoisotopic (exact) mass is 301 g/mol. The predicted molar refractivity (Wildman–Crippen MR) is 72.2 cm³/mol. The Kier molecular flexibility index (Phi) is 3.74. The van der Waals surface area contributed by atoms with Crippen LogP contribution in [0.1, 0.15) is 18.4 Å². The first kappa shape index (κ1) is 14.2. The Balaban J connectivity index is 2.09. The summed E-state index contributed by atoms with van der Waals surface area (Å²) in [5, 5.41) is 9.95. The van der Waals surface area contributed by atoms with Crippen molar-refractivity contribution in [2.24, 2.45) is 5.41 Å². The Morgan fingerprint density at radius 1 is 1.32 bits per heavy atom. The molecule has 0 unspecified atom stereocenters. The number of carboxylic acid groups (broad SMARTS) is 1. The zero-order chi connectivity index (χ0) is 14.2. The summed E-state index contributed by atoms with van der Waals surface area (Å²) in [5.41, 5.74) is -0.392. The van der Waals surface area contributed by atoms with Crippen LogP contribution in [0, 0.1) is 5.41 Å². The maximum Gasteiger partial charge on any atom is 0.319 e. The van der Waals surface area contributed by atoms with Crippen LogP contribution in [-0.2, 0) is 16.1 Å². The average Bonchev–Trinajstić information content (AvgIpc) is 3.14. The Labute approximate surface area is 120 Å². The lowest BCUT2D eigenvalue weighted by Gasteiger charge is -2.21. The zero-order valence-electron chi connectivity index (χ0n) is 10.3. The quantitative estimate of drug-likeness (QED) is 0.870. The molecule has 19 heavy (non-hydrogen) atoms. The van der Waals surface area contributed by atoms with Gasteiger partial charge in [0.15, 0.2) is 0 Å². The summed E-state index contributed by atoms with van der Waals surface area (Å²) in [7, 11) is 1.59. The van der Waals surface area contributed by atoms with Gasteiger partial charge in [-0.25, -0.2) is 0 Å². The van der Waals surface area contributed by atoms with Gasteiger partial charge in [0.05, 0.1) is 10.0 Å². The Hall–Kier alpha value is -1.26. The molecule has 0 atom stereocenters. The maximum absolute atomic E-state index is 12.1. The highest BCUT2D eigenvalue weighted by molar-refractivity contribution is 6.42. The van der Waals surface area contributed by atoms with Crippen LogP contribution in [0.4, 0.5) is 0 Å². The molecule has 1 amide bonds. The van der Waals surface area contributed by atoms with Crippen LogP contribution < -0.4 is 0 Å². The summed E-state index contributed by atoms with van der Waals surface area (Å²) in [5.74, 6) is -1.40. The Morgan fingerprint density at radius 3 is 2.42 bits per heavy atom. The molecule has 0 bridgehead atoms. The van der Waals surface area contributed by atoms with E-state index in [1.165, 1.54) is 4.90 Å². The molecule has 102 valence electrons. The van der Waals surface area contributed by atoms with Crippen molar-refractivity contribution in [1.82, 2.24) is 4.90 Å². The molecule has 4 nitrogen and oxygen atoms in total. The van der Waals surface area contributed by atoms with Crippen molar-refractivity contribution < 1.29 is 14.7 Å². The Morgan fingerprint density at radius 2 is 1.95 bits per heavy atom. The molecule has 1 aromatic carbocycles. The van der Waals surface area contributed by atoms with Crippen LogP contribution in [0.25, 0.3) is 0 Å². The fourth-order valence-electron chi connectivity index (χ4n) is 1.99. The van der Waals surface area contributed by atoms with E-state index in [1.807, 2.05) is 0 Å². The number of carbonyl (C=O) groups is 2. The summed E-state index contributed by atoms with van der Waals surface area (Å²) in [6.07, 6.45) is 0.819. The zero-order valence-corrected chi connectivity index (χ0v) is 11.8. The fourth-order valence-corrected chi connectivity index (χ4v) is 2.31. The minimum absolute atomic E-state index is 0.310. The van der Waals surface area contributed by atoms with Crippen molar-refractivity contribution in [1.29, 1.82) is 0 Å². The summed E-state index contributed by atoms with van der Waals surface area (Å²) in [4.78, 5) is 24.6. The molecule has 0 spiro atoms. The number of benzene rings is 1. The third-order valence-electron chi connectivity index (χ3n) is 3.32. The summed E-state index contributed by atoms with van der Waals surface area (Å²) in [6.45, 7) is 0.310. The number of hydrogen-bond donors (Lipinski definition) is 1. The van der Waals surface area contributed by atoms with E-state index >= 15 is 0 Å². The van der Waals surface area contributed by atoms with Crippen molar-refractivity contribution in [2.75, 3.05) is 7.05 Å². The number of hydrogen-bond acceptors (Lipinski definition) is 2. The van der Waals surface area contributed by atoms with Gasteiger partial charge in [-0.15, -0.1) is 0 Å². The van der Waals surface area contributed by atoms with Crippen LogP contribution in [0.5, 0.6) is 0 Å². The van der Waals surface area contributed by atoms with Gasteiger partial charge in [0, 0.05) is 13.6 Å². The van der Waals surface area contributed by atoms with E-state index in [9.17, 15) is 9.59 Å². The van der Waals surface area contributed by atoms with Crippen LogP contribution in [0.15, 0.2) is 18.2 Å². The van der Waals surface area contributed by atoms with Crippen molar-refractivity contribution in [3.63, 3.8) is 0 Å². The van der Waals surface area contributed by atoms with Crippen LogP contribution >= 0.6 is 23.2 Å². The van der Waals surface area contributed by atoms with Gasteiger partial charge in [-0.2, -0.15) is 0 Å². The highest BCUT2D eigenvalue weighted by Crippen LogP contribution is 2.47. The first-order valence-electron chi connectivity index (χ1n) is 5.80. The highest BCUT2D eigenvalue weighted by Gasteiger charge is 2.58. The molecule has 1 N–H and O–H groups in total. The molecule has 0 radical (unpaired) electrons. The molecule has 1 saturated carbocycles. The molecule has 0 saturated heterocycles. The van der Waals surface area contributed by atoms with Crippen LogP contribution in [0.2, 0.25) is 10.0 Å². The lowest BCUT2D eigenvalue weighted by molar-refractivity contribution is -0.153. The number of carboxylic acids is 1. The largest absolute Gasteiger partial charge is 0.480 e. The molecule has 1 fully saturated rings. The fraction of sp³-hybridized carbons (Fsp3) is 0.385. The van der Waals surface area contributed by atoms with Crippen molar-refractivity contribution >= 4 is 35.1 Å². The third-order valence-corrected chi connectivity index (χ3v) is 4.06. The molecular formula is C13H13Cl2NO3. The molecule has 1 aromatic rings. The van der Waals surface area contributed by atoms with E-state index in [2.05, 4.69) is 0 Å². The van der Waals surface area contributed by atoms with Gasteiger partial charge < -0.3 is 10.0 Å². The highest BCUT2D eigenvalue weighted by atomic mass is 35.5. The number of nitrogens with zero attached hydrogens (tertiary/aromatic N) is 1. The number of amides is 1. The second-order valence-electron chi connectivity index (χ2n) is 4.80. The number of rotatable bonds is 4. The third kappa shape index (κ3) is 2.69. The number of halogens is 2. The molecule has 0 aromatic heterocycles. The van der Waals surface area contributed by atoms with Crippen molar-refractivity contribution in [3.8, 4) is 0 Å². The van der Waals surface area contributed by atoms with Crippen molar-refractivity contribution in [3.05, 3.63) is 33.8 Å². The molecule has 6 heteroatoms. The van der Waals surface area contributed by atoms with E-state index in [0.29, 0.717) is 29.4 Å². The first-order chi connectivity index (χ1) is 8.86. The van der Waals surface area contributed by atoms with Crippen molar-refractivity contribution in [2.45, 2.75) is 19.4 Å². The molecular weight excluding hydrogens is 289 g/mol. The standard InChI is InChI=1S/C13H13Cl2NO3/c1-16(11(17)13(4-5-13)12(18)19)7-8-2-3-9(14)10(15)6-8/h2-3,6H,4-5,7H2,1H3,(H,18,19). The van der Waals surface area contributed by atoms with E-state index in [0.717, 1.165) is 5.56 Å². The molecule has 2 rings (SSSR count). The predicted octanol–water partition coefficient (Wildman–Crippen LogP) is 2.82. The lowest BCUT2D eigenvalue weighted by Crippen LogP contribution is -2.38. The van der Waals surface area contributed by atoms with Gasteiger partial charge in [0.2, 0.25) is 5.91 Å². The van der Waals surface area contributed by atoms with Gasteiger partial charge in [-0.3, -0.25) is 9.59 Å². The van der Waals surface area contributed by atoms with Gasteiger partial charge in [0.1, 0.15) is 5.41 Å². The molecule has 1 aliphatic rings. The topological polar surface area (TPSA) is 57.6 Å². The maximum atomic E-state index is 12.1. The van der Waals surface area contributed by atoms with Crippen LogP contribution in [-0.4, -0.2) is 28.9 Å². The molecule has 0 aliphatic heterocycles. The normalized spacial score (nSPS) is 15.9. The van der Waals surface area contributed by atoms with Gasteiger partial charge in [-0.05, 0) is 30.5 Å². The lowest BCUT2D eigenvalue weighted by atomic mass is 10.1. The smallest absolute Gasteiger partial charge is 0.319 e.